The zero-order valence-corrected chi connectivity index (χ0v) is 12.5. The molecule has 0 spiro atoms. The van der Waals surface area contributed by atoms with Crippen LogP contribution in [0.5, 0.6) is 5.75 Å². The Hall–Kier alpha value is -1.55. The van der Waals surface area contributed by atoms with E-state index in [-0.39, 0.29) is 18.1 Å². The molecule has 0 saturated carbocycles. The predicted molar refractivity (Wildman–Crippen MR) is 77.8 cm³/mol. The molecular weight excluding hydrogens is 254 g/mol. The summed E-state index contributed by atoms with van der Waals surface area (Å²) in [4.78, 5) is 14.0. The number of likely N-dealkylation sites (tertiary alicyclic amines) is 1. The van der Waals surface area contributed by atoms with Gasteiger partial charge in [-0.2, -0.15) is 0 Å². The van der Waals surface area contributed by atoms with Gasteiger partial charge in [0, 0.05) is 6.04 Å². The maximum Gasteiger partial charge on any atom is 0.320 e. The Morgan fingerprint density at radius 3 is 2.95 bits per heavy atom. The van der Waals surface area contributed by atoms with Gasteiger partial charge in [-0.25, -0.2) is 0 Å². The summed E-state index contributed by atoms with van der Waals surface area (Å²) in [5, 5.41) is 0. The van der Waals surface area contributed by atoms with E-state index in [1.807, 2.05) is 26.0 Å². The second-order valence-electron chi connectivity index (χ2n) is 5.44. The molecular formula is C16H23NO3. The Bertz CT molecular complexity index is 459. The summed E-state index contributed by atoms with van der Waals surface area (Å²) < 4.78 is 10.5. The van der Waals surface area contributed by atoms with E-state index >= 15 is 0 Å². The average Bonchev–Trinajstić information content (AvgIpc) is 2.85. The Kier molecular flexibility index (Phi) is 5.01. The molecule has 1 aromatic rings. The summed E-state index contributed by atoms with van der Waals surface area (Å²) in [6.45, 7) is 5.05. The summed E-state index contributed by atoms with van der Waals surface area (Å²) in [6.07, 6.45) is 2.12. The molecule has 0 N–H and O–H groups in total. The number of benzene rings is 1. The lowest BCUT2D eigenvalue weighted by atomic mass is 10.0. The molecule has 1 saturated heterocycles. The largest absolute Gasteiger partial charge is 0.497 e. The first kappa shape index (κ1) is 14.9. The van der Waals surface area contributed by atoms with Crippen LogP contribution in [0.4, 0.5) is 0 Å². The second kappa shape index (κ2) is 6.75. The first-order valence-electron chi connectivity index (χ1n) is 7.17. The maximum absolute atomic E-state index is 11.8. The summed E-state index contributed by atoms with van der Waals surface area (Å²) in [5.41, 5.74) is 1.21. The topological polar surface area (TPSA) is 38.8 Å². The van der Waals surface area contributed by atoms with Gasteiger partial charge in [-0.1, -0.05) is 12.1 Å². The number of ether oxygens (including phenoxy) is 2. The number of hydrogen-bond donors (Lipinski definition) is 0. The number of nitrogens with zero attached hydrogens (tertiary/aromatic N) is 1. The van der Waals surface area contributed by atoms with Gasteiger partial charge in [0.15, 0.2) is 0 Å². The molecule has 1 aliphatic heterocycles. The fourth-order valence-electron chi connectivity index (χ4n) is 2.71. The first-order valence-corrected chi connectivity index (χ1v) is 7.17. The Morgan fingerprint density at radius 1 is 1.45 bits per heavy atom. The first-order chi connectivity index (χ1) is 9.60. The highest BCUT2D eigenvalue weighted by molar-refractivity contribution is 5.72. The van der Waals surface area contributed by atoms with Crippen LogP contribution in [0.25, 0.3) is 0 Å². The zero-order valence-electron chi connectivity index (χ0n) is 12.5. The molecule has 0 aliphatic carbocycles. The molecule has 1 aliphatic rings. The van der Waals surface area contributed by atoms with E-state index in [4.69, 9.17) is 9.47 Å². The molecule has 0 amide bonds. The molecule has 4 nitrogen and oxygen atoms in total. The van der Waals surface area contributed by atoms with Crippen LogP contribution in [-0.4, -0.2) is 37.2 Å². The lowest BCUT2D eigenvalue weighted by Crippen LogP contribution is -2.31. The van der Waals surface area contributed by atoms with Crippen LogP contribution in [0.3, 0.4) is 0 Å². The quantitative estimate of drug-likeness (QED) is 0.776. The minimum absolute atomic E-state index is 0.0552. The van der Waals surface area contributed by atoms with E-state index in [2.05, 4.69) is 17.0 Å². The number of rotatable bonds is 5. The van der Waals surface area contributed by atoms with Gasteiger partial charge in [0.1, 0.15) is 5.75 Å². The van der Waals surface area contributed by atoms with Crippen molar-refractivity contribution < 1.29 is 14.3 Å². The fourth-order valence-corrected chi connectivity index (χ4v) is 2.71. The SMILES string of the molecule is COc1cccc(C2CCCN2CC(=O)OC(C)C)c1. The molecule has 1 fully saturated rings. The van der Waals surface area contributed by atoms with Crippen LogP contribution < -0.4 is 4.74 Å². The highest BCUT2D eigenvalue weighted by Crippen LogP contribution is 2.33. The molecule has 0 bridgehead atoms. The van der Waals surface area contributed by atoms with Gasteiger partial charge in [-0.3, -0.25) is 9.69 Å². The minimum Gasteiger partial charge on any atom is -0.497 e. The van der Waals surface area contributed by atoms with Crippen LogP contribution in [0.15, 0.2) is 24.3 Å². The fraction of sp³-hybridized carbons (Fsp3) is 0.562. The van der Waals surface area contributed by atoms with Crippen molar-refractivity contribution in [3.63, 3.8) is 0 Å². The van der Waals surface area contributed by atoms with Crippen molar-refractivity contribution in [1.82, 2.24) is 4.90 Å². The van der Waals surface area contributed by atoms with E-state index in [9.17, 15) is 4.79 Å². The standard InChI is InChI=1S/C16H23NO3/c1-12(2)20-16(18)11-17-9-5-8-15(17)13-6-4-7-14(10-13)19-3/h4,6-7,10,12,15H,5,8-9,11H2,1-3H3. The highest BCUT2D eigenvalue weighted by atomic mass is 16.5. The smallest absolute Gasteiger partial charge is 0.320 e. The number of methoxy groups -OCH3 is 1. The van der Waals surface area contributed by atoms with E-state index in [1.165, 1.54) is 5.56 Å². The van der Waals surface area contributed by atoms with Gasteiger partial charge in [-0.05, 0) is 50.9 Å². The Balaban J connectivity index is 2.04. The van der Waals surface area contributed by atoms with E-state index in [0.29, 0.717) is 6.54 Å². The molecule has 1 atom stereocenters. The van der Waals surface area contributed by atoms with Gasteiger partial charge in [-0.15, -0.1) is 0 Å². The molecule has 1 unspecified atom stereocenters. The van der Waals surface area contributed by atoms with E-state index in [0.717, 1.165) is 25.1 Å². The summed E-state index contributed by atoms with van der Waals surface area (Å²) in [6, 6.07) is 8.37. The van der Waals surface area contributed by atoms with Gasteiger partial charge < -0.3 is 9.47 Å². The van der Waals surface area contributed by atoms with Crippen LogP contribution in [-0.2, 0) is 9.53 Å². The Morgan fingerprint density at radius 2 is 2.25 bits per heavy atom. The molecule has 4 heteroatoms. The molecule has 2 rings (SSSR count). The van der Waals surface area contributed by atoms with Crippen molar-refractivity contribution in [1.29, 1.82) is 0 Å². The third-order valence-corrected chi connectivity index (χ3v) is 3.54. The normalized spacial score (nSPS) is 19.3. The maximum atomic E-state index is 11.8. The van der Waals surface area contributed by atoms with Gasteiger partial charge in [0.2, 0.25) is 0 Å². The molecule has 1 heterocycles. The van der Waals surface area contributed by atoms with Gasteiger partial charge >= 0.3 is 5.97 Å². The average molecular weight is 277 g/mol. The van der Waals surface area contributed by atoms with Crippen LogP contribution in [0.1, 0.15) is 38.3 Å². The molecule has 110 valence electrons. The number of carbonyl (C=O) groups is 1. The van der Waals surface area contributed by atoms with Crippen molar-refractivity contribution in [2.75, 3.05) is 20.2 Å². The number of esters is 1. The summed E-state index contributed by atoms with van der Waals surface area (Å²) in [5.74, 6) is 0.717. The zero-order chi connectivity index (χ0) is 14.5. The van der Waals surface area contributed by atoms with Crippen molar-refractivity contribution in [2.24, 2.45) is 0 Å². The third-order valence-electron chi connectivity index (χ3n) is 3.54. The van der Waals surface area contributed by atoms with Gasteiger partial charge in [0.05, 0.1) is 19.8 Å². The highest BCUT2D eigenvalue weighted by Gasteiger charge is 2.28. The van der Waals surface area contributed by atoms with Crippen LogP contribution in [0, 0.1) is 0 Å². The monoisotopic (exact) mass is 277 g/mol. The lowest BCUT2D eigenvalue weighted by molar-refractivity contribution is -0.148. The van der Waals surface area contributed by atoms with Crippen molar-refractivity contribution in [2.45, 2.75) is 38.8 Å². The van der Waals surface area contributed by atoms with Crippen LogP contribution >= 0.6 is 0 Å². The third kappa shape index (κ3) is 3.73. The van der Waals surface area contributed by atoms with E-state index < -0.39 is 0 Å². The second-order valence-corrected chi connectivity index (χ2v) is 5.44. The molecule has 0 aromatic heterocycles. The number of carbonyl (C=O) groups excluding carboxylic acids is 1. The Labute approximate surface area is 120 Å². The van der Waals surface area contributed by atoms with Crippen molar-refractivity contribution in [3.05, 3.63) is 29.8 Å². The molecule has 20 heavy (non-hydrogen) atoms. The molecule has 0 radical (unpaired) electrons. The van der Waals surface area contributed by atoms with Crippen LogP contribution in [0.2, 0.25) is 0 Å². The van der Waals surface area contributed by atoms with Crippen molar-refractivity contribution >= 4 is 5.97 Å². The predicted octanol–water partition coefficient (Wildman–Crippen LogP) is 2.78. The summed E-state index contributed by atoms with van der Waals surface area (Å²) >= 11 is 0. The van der Waals surface area contributed by atoms with Crippen molar-refractivity contribution in [3.8, 4) is 5.75 Å². The lowest BCUT2D eigenvalue weighted by Gasteiger charge is -2.24. The van der Waals surface area contributed by atoms with E-state index in [1.54, 1.807) is 7.11 Å². The summed E-state index contributed by atoms with van der Waals surface area (Å²) in [7, 11) is 1.67. The minimum atomic E-state index is -0.144. The molecule has 1 aromatic carbocycles. The van der Waals surface area contributed by atoms with Gasteiger partial charge in [0.25, 0.3) is 0 Å². The number of hydrogen-bond acceptors (Lipinski definition) is 4.